The number of ether oxygens (including phenoxy) is 3. The second kappa shape index (κ2) is 9.98. The summed E-state index contributed by atoms with van der Waals surface area (Å²) in [5.41, 5.74) is 3.31. The highest BCUT2D eigenvalue weighted by molar-refractivity contribution is 5.76. The molecule has 0 heterocycles. The predicted molar refractivity (Wildman–Crippen MR) is 125 cm³/mol. The first kappa shape index (κ1) is 22.2. The molecule has 3 aromatic carbocycles. The van der Waals surface area contributed by atoms with Crippen molar-refractivity contribution in [3.05, 3.63) is 89.5 Å². The van der Waals surface area contributed by atoms with Crippen LogP contribution in [0.15, 0.2) is 72.8 Å². The summed E-state index contributed by atoms with van der Waals surface area (Å²) in [5, 5.41) is 0. The largest absolute Gasteiger partial charge is 0.493 e. The van der Waals surface area contributed by atoms with Gasteiger partial charge in [-0.2, -0.15) is 0 Å². The number of rotatable bonds is 7. The van der Waals surface area contributed by atoms with Crippen molar-refractivity contribution in [1.82, 2.24) is 0 Å². The zero-order chi connectivity index (χ0) is 22.3. The number of methoxy groups -OCH3 is 1. The van der Waals surface area contributed by atoms with Crippen molar-refractivity contribution in [2.45, 2.75) is 26.2 Å². The molecule has 160 valence electrons. The Morgan fingerprint density at radius 1 is 0.839 bits per heavy atom. The first-order valence-electron chi connectivity index (χ1n) is 10.2. The van der Waals surface area contributed by atoms with Gasteiger partial charge in [0.05, 0.1) is 7.11 Å². The summed E-state index contributed by atoms with van der Waals surface area (Å²) in [7, 11) is 1.55. The Labute approximate surface area is 184 Å². The fourth-order valence-corrected chi connectivity index (χ4v) is 2.97. The molecule has 31 heavy (non-hydrogen) atoms. The second-order valence-corrected chi connectivity index (χ2v) is 8.19. The second-order valence-electron chi connectivity index (χ2n) is 8.19. The molecule has 0 radical (unpaired) electrons. The monoisotopic (exact) mass is 416 g/mol. The van der Waals surface area contributed by atoms with E-state index in [1.54, 1.807) is 13.2 Å². The van der Waals surface area contributed by atoms with Crippen LogP contribution in [-0.4, -0.2) is 19.7 Å². The van der Waals surface area contributed by atoms with Crippen LogP contribution in [0.3, 0.4) is 0 Å². The van der Waals surface area contributed by atoms with Gasteiger partial charge < -0.3 is 14.2 Å². The van der Waals surface area contributed by atoms with E-state index in [-0.39, 0.29) is 12.0 Å². The maximum Gasteiger partial charge on any atom is 0.349 e. The molecule has 0 aliphatic rings. The van der Waals surface area contributed by atoms with Gasteiger partial charge in [-0.1, -0.05) is 81.5 Å². The third-order valence-corrected chi connectivity index (χ3v) is 4.76. The van der Waals surface area contributed by atoms with Crippen LogP contribution in [0.1, 0.15) is 37.5 Å². The minimum atomic E-state index is -0.495. The minimum absolute atomic E-state index is 0.0659. The van der Waals surface area contributed by atoms with E-state index >= 15 is 0 Å². The lowest BCUT2D eigenvalue weighted by Gasteiger charge is -2.19. The summed E-state index contributed by atoms with van der Waals surface area (Å²) in [6.07, 6.45) is 3.99. The summed E-state index contributed by atoms with van der Waals surface area (Å²) in [6, 6.07) is 23.2. The highest BCUT2D eigenvalue weighted by atomic mass is 16.6. The fraction of sp³-hybridized carbons (Fsp3) is 0.222. The molecule has 4 nitrogen and oxygen atoms in total. The van der Waals surface area contributed by atoms with E-state index in [0.717, 1.165) is 11.1 Å². The van der Waals surface area contributed by atoms with Crippen LogP contribution in [0.25, 0.3) is 12.2 Å². The average molecular weight is 417 g/mol. The smallest absolute Gasteiger partial charge is 0.349 e. The van der Waals surface area contributed by atoms with Gasteiger partial charge in [-0.25, -0.2) is 4.79 Å². The van der Waals surface area contributed by atoms with E-state index in [0.29, 0.717) is 17.2 Å². The molecule has 4 heteroatoms. The number of carbonyl (C=O) groups excluding carboxylic acids is 1. The molecule has 0 aliphatic carbocycles. The van der Waals surface area contributed by atoms with Crippen LogP contribution in [0.2, 0.25) is 0 Å². The van der Waals surface area contributed by atoms with Crippen molar-refractivity contribution >= 4 is 18.1 Å². The Hall–Kier alpha value is -3.53. The molecule has 0 fully saturated rings. The summed E-state index contributed by atoms with van der Waals surface area (Å²) in [5.74, 6) is 0.971. The van der Waals surface area contributed by atoms with Crippen LogP contribution in [-0.2, 0) is 10.2 Å². The molecular weight excluding hydrogens is 388 g/mol. The molecule has 3 rings (SSSR count). The zero-order valence-electron chi connectivity index (χ0n) is 18.4. The number of carbonyl (C=O) groups is 1. The van der Waals surface area contributed by atoms with Crippen LogP contribution >= 0.6 is 0 Å². The van der Waals surface area contributed by atoms with Crippen molar-refractivity contribution in [3.8, 4) is 17.2 Å². The molecule has 0 aliphatic heterocycles. The van der Waals surface area contributed by atoms with Gasteiger partial charge in [-0.3, -0.25) is 0 Å². The summed E-state index contributed by atoms with van der Waals surface area (Å²) in [6.45, 7) is 6.26. The third kappa shape index (κ3) is 6.48. The molecule has 0 saturated heterocycles. The maximum absolute atomic E-state index is 12.3. The summed E-state index contributed by atoms with van der Waals surface area (Å²) >= 11 is 0. The lowest BCUT2D eigenvalue weighted by atomic mass is 9.87. The lowest BCUT2D eigenvalue weighted by molar-refractivity contribution is -0.136. The van der Waals surface area contributed by atoms with Gasteiger partial charge in [-0.15, -0.1) is 0 Å². The van der Waals surface area contributed by atoms with Gasteiger partial charge in [0, 0.05) is 0 Å². The first-order valence-corrected chi connectivity index (χ1v) is 10.2. The summed E-state index contributed by atoms with van der Waals surface area (Å²) < 4.78 is 16.4. The molecule has 0 amide bonds. The fourth-order valence-electron chi connectivity index (χ4n) is 2.97. The molecule has 0 atom stereocenters. The number of hydrogen-bond donors (Lipinski definition) is 0. The molecule has 3 aromatic rings. The van der Waals surface area contributed by atoms with Crippen molar-refractivity contribution in [2.24, 2.45) is 0 Å². The maximum atomic E-state index is 12.3. The average Bonchev–Trinajstić information content (AvgIpc) is 2.77. The highest BCUT2D eigenvalue weighted by Crippen LogP contribution is 2.29. The van der Waals surface area contributed by atoms with E-state index in [1.165, 1.54) is 5.56 Å². The highest BCUT2D eigenvalue weighted by Gasteiger charge is 2.14. The van der Waals surface area contributed by atoms with Crippen LogP contribution in [0.4, 0.5) is 0 Å². The van der Waals surface area contributed by atoms with Crippen LogP contribution in [0, 0.1) is 0 Å². The molecular formula is C27H28O4. The lowest BCUT2D eigenvalue weighted by Crippen LogP contribution is -2.18. The molecule has 0 spiro atoms. The molecule has 0 N–H and O–H groups in total. The van der Waals surface area contributed by atoms with Gasteiger partial charge in [0.1, 0.15) is 5.75 Å². The van der Waals surface area contributed by atoms with Gasteiger partial charge in [0.25, 0.3) is 0 Å². The van der Waals surface area contributed by atoms with E-state index in [2.05, 4.69) is 20.8 Å². The normalized spacial score (nSPS) is 11.4. The number of hydrogen-bond acceptors (Lipinski definition) is 4. The van der Waals surface area contributed by atoms with Crippen molar-refractivity contribution in [2.75, 3.05) is 13.7 Å². The Kier molecular flexibility index (Phi) is 7.14. The van der Waals surface area contributed by atoms with Gasteiger partial charge in [-0.05, 0) is 46.4 Å². The first-order chi connectivity index (χ1) is 14.8. The topological polar surface area (TPSA) is 44.8 Å². The quantitative estimate of drug-likeness (QED) is 0.263. The van der Waals surface area contributed by atoms with Crippen molar-refractivity contribution in [1.29, 1.82) is 0 Å². The zero-order valence-corrected chi connectivity index (χ0v) is 18.4. The van der Waals surface area contributed by atoms with E-state index in [4.69, 9.17) is 14.2 Å². The molecule has 0 bridgehead atoms. The van der Waals surface area contributed by atoms with Crippen LogP contribution in [0.5, 0.6) is 17.2 Å². The Morgan fingerprint density at radius 3 is 2.16 bits per heavy atom. The predicted octanol–water partition coefficient (Wildman–Crippen LogP) is 6.15. The van der Waals surface area contributed by atoms with Crippen molar-refractivity contribution in [3.63, 3.8) is 0 Å². The van der Waals surface area contributed by atoms with Gasteiger partial charge >= 0.3 is 5.97 Å². The minimum Gasteiger partial charge on any atom is -0.493 e. The molecule has 0 aromatic heterocycles. The number of benzene rings is 3. The van der Waals surface area contributed by atoms with Crippen LogP contribution < -0.4 is 14.2 Å². The molecule has 0 unspecified atom stereocenters. The Morgan fingerprint density at radius 2 is 1.52 bits per heavy atom. The summed E-state index contributed by atoms with van der Waals surface area (Å²) in [4.78, 5) is 12.3. The third-order valence-electron chi connectivity index (χ3n) is 4.76. The number of esters is 1. The van der Waals surface area contributed by atoms with Gasteiger partial charge in [0.15, 0.2) is 18.1 Å². The van der Waals surface area contributed by atoms with E-state index < -0.39 is 5.97 Å². The SMILES string of the molecule is COc1cc(C=Cc2ccccc2)ccc1OC(=O)COc1ccc(C(C)(C)C)cc1. The molecule has 0 saturated carbocycles. The Bertz CT molecular complexity index is 1030. The van der Waals surface area contributed by atoms with E-state index in [9.17, 15) is 4.79 Å². The standard InChI is InChI=1S/C27H28O4/c1-27(2,3)22-13-15-23(16-14-22)30-19-26(28)31-24-17-12-21(18-25(24)29-4)11-10-20-8-6-5-7-9-20/h5-18H,19H2,1-4H3. The van der Waals surface area contributed by atoms with Crippen molar-refractivity contribution < 1.29 is 19.0 Å². The Balaban J connectivity index is 1.59. The van der Waals surface area contributed by atoms with Gasteiger partial charge in [0.2, 0.25) is 0 Å². The van der Waals surface area contributed by atoms with E-state index in [1.807, 2.05) is 78.9 Å².